The van der Waals surface area contributed by atoms with E-state index in [1.165, 1.54) is 12.1 Å². The Labute approximate surface area is 157 Å². The van der Waals surface area contributed by atoms with E-state index in [4.69, 9.17) is 0 Å². The van der Waals surface area contributed by atoms with Crippen LogP contribution in [0, 0.1) is 5.82 Å². The zero-order chi connectivity index (χ0) is 19.0. The van der Waals surface area contributed by atoms with E-state index in [0.717, 1.165) is 16.1 Å². The zero-order valence-electron chi connectivity index (χ0n) is 14.3. The lowest BCUT2D eigenvalue weighted by atomic mass is 10.1. The maximum absolute atomic E-state index is 13.1. The van der Waals surface area contributed by atoms with Gasteiger partial charge in [0.2, 0.25) is 5.91 Å². The van der Waals surface area contributed by atoms with E-state index < -0.39 is 11.2 Å². The van der Waals surface area contributed by atoms with Crippen molar-refractivity contribution in [3.05, 3.63) is 57.1 Å². The fourth-order valence-corrected chi connectivity index (χ4v) is 4.08. The van der Waals surface area contributed by atoms with Crippen LogP contribution in [-0.4, -0.2) is 49.9 Å². The van der Waals surface area contributed by atoms with Crippen molar-refractivity contribution < 1.29 is 9.18 Å². The molecule has 0 spiro atoms. The van der Waals surface area contributed by atoms with Crippen molar-refractivity contribution in [3.8, 4) is 11.1 Å². The van der Waals surface area contributed by atoms with Gasteiger partial charge in [-0.05, 0) is 17.7 Å². The number of hydrogen-bond acceptors (Lipinski definition) is 4. The van der Waals surface area contributed by atoms with E-state index in [9.17, 15) is 18.8 Å². The van der Waals surface area contributed by atoms with Gasteiger partial charge in [-0.25, -0.2) is 13.8 Å². The van der Waals surface area contributed by atoms with Crippen LogP contribution in [0.4, 0.5) is 4.39 Å². The number of carbonyl (C=O) groups excluding carboxylic acids is 1. The van der Waals surface area contributed by atoms with Crippen LogP contribution in [0.1, 0.15) is 0 Å². The zero-order valence-corrected chi connectivity index (χ0v) is 15.1. The standard InChI is InChI=1S/C18H17FN4O3S/c19-12-3-1-11(2-4-12)13-9-20-16-15(13)21-18(26)23(17(16)25)10-14(24)22-5-7-27-8-6-22/h1-4,9,20H,5-8,10H2,(H,21,26). The third kappa shape index (κ3) is 3.30. The minimum Gasteiger partial charge on any atom is -0.355 e. The molecule has 3 heterocycles. The molecule has 3 aromatic rings. The molecule has 7 nitrogen and oxygen atoms in total. The monoisotopic (exact) mass is 388 g/mol. The van der Waals surface area contributed by atoms with E-state index in [1.54, 1.807) is 35.0 Å². The number of halogens is 1. The van der Waals surface area contributed by atoms with Crippen molar-refractivity contribution >= 4 is 28.7 Å². The topological polar surface area (TPSA) is 91.0 Å². The van der Waals surface area contributed by atoms with Crippen LogP contribution < -0.4 is 11.2 Å². The number of nitrogens with one attached hydrogen (secondary N) is 2. The Hall–Kier alpha value is -2.81. The number of fused-ring (bicyclic) bond motifs is 1. The number of thioether (sulfide) groups is 1. The van der Waals surface area contributed by atoms with E-state index in [2.05, 4.69) is 9.97 Å². The molecule has 0 saturated carbocycles. The molecule has 1 aromatic carbocycles. The molecular formula is C18H17FN4O3S. The van der Waals surface area contributed by atoms with Crippen LogP contribution in [0.5, 0.6) is 0 Å². The predicted octanol–water partition coefficient (Wildman–Crippen LogP) is 1.40. The minimum atomic E-state index is -0.643. The number of nitrogens with zero attached hydrogens (tertiary/aromatic N) is 2. The van der Waals surface area contributed by atoms with Crippen molar-refractivity contribution in [1.82, 2.24) is 19.4 Å². The van der Waals surface area contributed by atoms with Gasteiger partial charge < -0.3 is 14.9 Å². The molecule has 1 aliphatic rings. The molecule has 1 fully saturated rings. The van der Waals surface area contributed by atoms with Gasteiger partial charge in [-0.3, -0.25) is 9.59 Å². The molecule has 2 aromatic heterocycles. The molecule has 4 rings (SSSR count). The van der Waals surface area contributed by atoms with Gasteiger partial charge in [-0.2, -0.15) is 11.8 Å². The molecule has 9 heteroatoms. The normalized spacial score (nSPS) is 14.6. The number of benzene rings is 1. The van der Waals surface area contributed by atoms with E-state index >= 15 is 0 Å². The van der Waals surface area contributed by atoms with Crippen molar-refractivity contribution in [2.45, 2.75) is 6.54 Å². The Morgan fingerprint density at radius 3 is 2.52 bits per heavy atom. The molecule has 1 amide bonds. The second kappa shape index (κ2) is 7.07. The van der Waals surface area contributed by atoms with Gasteiger partial charge in [-0.15, -0.1) is 0 Å². The highest BCUT2D eigenvalue weighted by Crippen LogP contribution is 2.25. The summed E-state index contributed by atoms with van der Waals surface area (Å²) in [6.07, 6.45) is 1.59. The minimum absolute atomic E-state index is 0.205. The van der Waals surface area contributed by atoms with E-state index in [0.29, 0.717) is 29.7 Å². The van der Waals surface area contributed by atoms with Crippen LogP contribution in [0.15, 0.2) is 40.1 Å². The lowest BCUT2D eigenvalue weighted by molar-refractivity contribution is -0.131. The first-order valence-corrected chi connectivity index (χ1v) is 9.66. The Balaban J connectivity index is 1.72. The SMILES string of the molecule is O=C(Cn1c(=O)[nH]c2c(-c3ccc(F)cc3)c[nH]c2c1=O)N1CCSCC1. The molecule has 0 atom stereocenters. The molecule has 0 radical (unpaired) electrons. The molecule has 140 valence electrons. The molecule has 1 saturated heterocycles. The van der Waals surface area contributed by atoms with Crippen LogP contribution >= 0.6 is 11.8 Å². The number of amides is 1. The largest absolute Gasteiger partial charge is 0.355 e. The van der Waals surface area contributed by atoms with Gasteiger partial charge in [0.25, 0.3) is 5.56 Å². The predicted molar refractivity (Wildman–Crippen MR) is 102 cm³/mol. The number of aromatic amines is 2. The summed E-state index contributed by atoms with van der Waals surface area (Å²) in [6.45, 7) is 0.949. The van der Waals surface area contributed by atoms with Gasteiger partial charge in [0.15, 0.2) is 0 Å². The number of H-pyrrole nitrogens is 2. The first kappa shape index (κ1) is 17.6. The molecular weight excluding hydrogens is 371 g/mol. The fraction of sp³-hybridized carbons (Fsp3) is 0.278. The highest BCUT2D eigenvalue weighted by molar-refractivity contribution is 7.99. The van der Waals surface area contributed by atoms with Gasteiger partial charge in [0, 0.05) is 36.4 Å². The molecule has 1 aliphatic heterocycles. The summed E-state index contributed by atoms with van der Waals surface area (Å²) in [5.74, 6) is 1.10. The highest BCUT2D eigenvalue weighted by atomic mass is 32.2. The number of carbonyl (C=O) groups is 1. The summed E-state index contributed by atoms with van der Waals surface area (Å²) < 4.78 is 14.1. The quantitative estimate of drug-likeness (QED) is 0.710. The fourth-order valence-electron chi connectivity index (χ4n) is 3.17. The summed E-state index contributed by atoms with van der Waals surface area (Å²) in [4.78, 5) is 44.8. The van der Waals surface area contributed by atoms with Crippen molar-refractivity contribution in [3.63, 3.8) is 0 Å². The Morgan fingerprint density at radius 1 is 1.11 bits per heavy atom. The number of aromatic nitrogens is 3. The lowest BCUT2D eigenvalue weighted by Gasteiger charge is -2.26. The van der Waals surface area contributed by atoms with Crippen LogP contribution in [0.3, 0.4) is 0 Å². The maximum Gasteiger partial charge on any atom is 0.329 e. The molecule has 2 N–H and O–H groups in total. The van der Waals surface area contributed by atoms with E-state index in [-0.39, 0.29) is 23.8 Å². The maximum atomic E-state index is 13.1. The smallest absolute Gasteiger partial charge is 0.329 e. The van der Waals surface area contributed by atoms with Crippen molar-refractivity contribution in [2.75, 3.05) is 24.6 Å². The summed E-state index contributed by atoms with van der Waals surface area (Å²) in [7, 11) is 0. The number of rotatable bonds is 3. The average Bonchev–Trinajstić information content (AvgIpc) is 3.10. The second-order valence-electron chi connectivity index (χ2n) is 6.27. The molecule has 0 aliphatic carbocycles. The summed E-state index contributed by atoms with van der Waals surface area (Å²) in [5.41, 5.74) is 0.603. The van der Waals surface area contributed by atoms with Crippen molar-refractivity contribution in [1.29, 1.82) is 0 Å². The summed E-state index contributed by atoms with van der Waals surface area (Å²) in [5, 5.41) is 0. The Bertz CT molecular complexity index is 1110. The third-order valence-electron chi connectivity index (χ3n) is 4.63. The Morgan fingerprint density at radius 2 is 1.81 bits per heavy atom. The summed E-state index contributed by atoms with van der Waals surface area (Å²) >= 11 is 1.77. The van der Waals surface area contributed by atoms with Gasteiger partial charge in [-0.1, -0.05) is 12.1 Å². The molecule has 0 unspecified atom stereocenters. The van der Waals surface area contributed by atoms with Crippen LogP contribution in [0.25, 0.3) is 22.2 Å². The van der Waals surface area contributed by atoms with Crippen LogP contribution in [-0.2, 0) is 11.3 Å². The average molecular weight is 388 g/mol. The van der Waals surface area contributed by atoms with Gasteiger partial charge in [0.1, 0.15) is 17.9 Å². The highest BCUT2D eigenvalue weighted by Gasteiger charge is 2.20. The van der Waals surface area contributed by atoms with E-state index in [1.807, 2.05) is 0 Å². The Kier molecular flexibility index (Phi) is 4.61. The van der Waals surface area contributed by atoms with Gasteiger partial charge in [0.05, 0.1) is 5.52 Å². The molecule has 0 bridgehead atoms. The van der Waals surface area contributed by atoms with Crippen LogP contribution in [0.2, 0.25) is 0 Å². The first-order valence-electron chi connectivity index (χ1n) is 8.50. The van der Waals surface area contributed by atoms with Crippen molar-refractivity contribution in [2.24, 2.45) is 0 Å². The number of hydrogen-bond donors (Lipinski definition) is 2. The summed E-state index contributed by atoms with van der Waals surface area (Å²) in [6, 6.07) is 5.76. The first-order chi connectivity index (χ1) is 13.0. The lowest BCUT2D eigenvalue weighted by Crippen LogP contribution is -2.44. The third-order valence-corrected chi connectivity index (χ3v) is 5.57. The second-order valence-corrected chi connectivity index (χ2v) is 7.50. The van der Waals surface area contributed by atoms with Gasteiger partial charge >= 0.3 is 5.69 Å². The molecule has 27 heavy (non-hydrogen) atoms.